The molecule has 0 radical (unpaired) electrons. The molecular formula is C19H18O6. The number of hydrogen-bond donors (Lipinski definition) is 2. The maximum Gasteiger partial charge on any atom is 0.335 e. The molecule has 0 unspecified atom stereocenters. The smallest absolute Gasteiger partial charge is 0.335 e. The van der Waals surface area contributed by atoms with Crippen molar-refractivity contribution in [2.75, 3.05) is 0 Å². The van der Waals surface area contributed by atoms with Crippen LogP contribution in [0.5, 0.6) is 0 Å². The lowest BCUT2D eigenvalue weighted by molar-refractivity contribution is -0.147. The Kier molecular flexibility index (Phi) is 4.32. The molecular weight excluding hydrogens is 324 g/mol. The summed E-state index contributed by atoms with van der Waals surface area (Å²) in [6.07, 6.45) is -0.845. The van der Waals surface area contributed by atoms with Crippen molar-refractivity contribution in [1.29, 1.82) is 0 Å². The molecule has 0 saturated carbocycles. The average molecular weight is 342 g/mol. The van der Waals surface area contributed by atoms with Crippen molar-refractivity contribution in [1.82, 2.24) is 0 Å². The molecule has 1 saturated heterocycles. The normalized spacial score (nSPS) is 21.8. The minimum absolute atomic E-state index is 0.198. The van der Waals surface area contributed by atoms with Crippen LogP contribution in [0.2, 0.25) is 0 Å². The number of aromatic carboxylic acids is 2. The molecule has 2 atom stereocenters. The molecule has 0 amide bonds. The molecule has 0 aromatic heterocycles. The number of carboxylic acids is 2. The molecule has 1 aliphatic heterocycles. The van der Waals surface area contributed by atoms with Gasteiger partial charge < -0.3 is 19.7 Å². The van der Waals surface area contributed by atoms with Gasteiger partial charge in [-0.25, -0.2) is 9.59 Å². The van der Waals surface area contributed by atoms with E-state index in [2.05, 4.69) is 0 Å². The lowest BCUT2D eigenvalue weighted by atomic mass is 9.97. The highest BCUT2D eigenvalue weighted by atomic mass is 16.7. The van der Waals surface area contributed by atoms with Crippen LogP contribution in [-0.4, -0.2) is 27.9 Å². The lowest BCUT2D eigenvalue weighted by Gasteiger charge is -2.18. The van der Waals surface area contributed by atoms with Gasteiger partial charge in [0.15, 0.2) is 5.79 Å². The Morgan fingerprint density at radius 2 is 1.08 bits per heavy atom. The minimum atomic E-state index is -0.990. The van der Waals surface area contributed by atoms with Gasteiger partial charge in [0.1, 0.15) is 12.2 Å². The van der Waals surface area contributed by atoms with Crippen LogP contribution >= 0.6 is 0 Å². The molecule has 25 heavy (non-hydrogen) atoms. The van der Waals surface area contributed by atoms with Gasteiger partial charge in [0.05, 0.1) is 11.1 Å². The van der Waals surface area contributed by atoms with Crippen LogP contribution in [0.4, 0.5) is 0 Å². The van der Waals surface area contributed by atoms with E-state index in [1.165, 1.54) is 24.3 Å². The molecule has 1 heterocycles. The molecule has 2 N–H and O–H groups in total. The van der Waals surface area contributed by atoms with Crippen LogP contribution in [0.1, 0.15) is 57.9 Å². The quantitative estimate of drug-likeness (QED) is 0.881. The second-order valence-corrected chi connectivity index (χ2v) is 6.33. The van der Waals surface area contributed by atoms with E-state index < -0.39 is 29.9 Å². The summed E-state index contributed by atoms with van der Waals surface area (Å²) in [7, 11) is 0. The summed E-state index contributed by atoms with van der Waals surface area (Å²) in [5.41, 5.74) is 1.99. The fourth-order valence-electron chi connectivity index (χ4n) is 2.88. The van der Waals surface area contributed by atoms with Gasteiger partial charge in [-0.1, -0.05) is 24.3 Å². The number of carbonyl (C=O) groups is 2. The average Bonchev–Trinajstić information content (AvgIpc) is 2.91. The number of hydrogen-bond acceptors (Lipinski definition) is 4. The first kappa shape index (κ1) is 17.1. The molecule has 1 fully saturated rings. The van der Waals surface area contributed by atoms with Crippen LogP contribution in [0.25, 0.3) is 0 Å². The third-order valence-corrected chi connectivity index (χ3v) is 4.07. The first-order valence-electron chi connectivity index (χ1n) is 7.79. The van der Waals surface area contributed by atoms with Gasteiger partial charge in [0.25, 0.3) is 0 Å². The largest absolute Gasteiger partial charge is 0.478 e. The highest BCUT2D eigenvalue weighted by molar-refractivity contribution is 5.88. The Morgan fingerprint density at radius 3 is 1.36 bits per heavy atom. The topological polar surface area (TPSA) is 93.1 Å². The van der Waals surface area contributed by atoms with Gasteiger partial charge in [-0.15, -0.1) is 0 Å². The predicted octanol–water partition coefficient (Wildman–Crippen LogP) is 3.65. The Balaban J connectivity index is 1.93. The summed E-state index contributed by atoms with van der Waals surface area (Å²) in [4.78, 5) is 22.0. The van der Waals surface area contributed by atoms with E-state index in [0.29, 0.717) is 0 Å². The Morgan fingerprint density at radius 1 is 0.760 bits per heavy atom. The maximum absolute atomic E-state index is 11.0. The zero-order valence-electron chi connectivity index (χ0n) is 13.8. The Hall–Kier alpha value is -2.70. The number of benzene rings is 2. The minimum Gasteiger partial charge on any atom is -0.478 e. The summed E-state index contributed by atoms with van der Waals surface area (Å²) < 4.78 is 12.0. The lowest BCUT2D eigenvalue weighted by Crippen LogP contribution is -2.20. The first-order valence-corrected chi connectivity index (χ1v) is 7.79. The van der Waals surface area contributed by atoms with Crippen LogP contribution in [0.15, 0.2) is 48.5 Å². The van der Waals surface area contributed by atoms with Crippen LogP contribution < -0.4 is 0 Å². The van der Waals surface area contributed by atoms with E-state index in [9.17, 15) is 9.59 Å². The van der Waals surface area contributed by atoms with Gasteiger partial charge in [0.2, 0.25) is 0 Å². The van der Waals surface area contributed by atoms with E-state index in [0.717, 1.165) is 11.1 Å². The molecule has 0 bridgehead atoms. The summed E-state index contributed by atoms with van der Waals surface area (Å²) in [5, 5.41) is 18.0. The van der Waals surface area contributed by atoms with Gasteiger partial charge >= 0.3 is 11.9 Å². The second kappa shape index (κ2) is 6.31. The highest BCUT2D eigenvalue weighted by Gasteiger charge is 2.42. The summed E-state index contributed by atoms with van der Waals surface area (Å²) in [6.45, 7) is 3.61. The monoisotopic (exact) mass is 342 g/mol. The van der Waals surface area contributed by atoms with Crippen molar-refractivity contribution in [2.24, 2.45) is 0 Å². The zero-order valence-corrected chi connectivity index (χ0v) is 13.8. The molecule has 2 aromatic rings. The van der Waals surface area contributed by atoms with Crippen molar-refractivity contribution in [2.45, 2.75) is 31.8 Å². The number of carboxylic acid groups (broad SMARTS) is 2. The molecule has 1 aliphatic rings. The Bertz CT molecular complexity index is 724. The summed E-state index contributed by atoms with van der Waals surface area (Å²) >= 11 is 0. The van der Waals surface area contributed by atoms with Crippen molar-refractivity contribution in [3.05, 3.63) is 70.8 Å². The summed E-state index contributed by atoms with van der Waals surface area (Å²) in [6, 6.07) is 12.9. The maximum atomic E-state index is 11.0. The molecule has 0 spiro atoms. The third kappa shape index (κ3) is 3.55. The van der Waals surface area contributed by atoms with Crippen molar-refractivity contribution in [3.63, 3.8) is 0 Å². The summed E-state index contributed by atoms with van der Waals surface area (Å²) in [5.74, 6) is -2.79. The van der Waals surface area contributed by atoms with Crippen LogP contribution in [0, 0.1) is 0 Å². The zero-order chi connectivity index (χ0) is 18.2. The van der Waals surface area contributed by atoms with E-state index in [-0.39, 0.29) is 11.1 Å². The second-order valence-electron chi connectivity index (χ2n) is 6.33. The number of ether oxygens (including phenoxy) is 2. The van der Waals surface area contributed by atoms with E-state index in [4.69, 9.17) is 19.7 Å². The number of rotatable bonds is 4. The van der Waals surface area contributed by atoms with E-state index >= 15 is 0 Å². The predicted molar refractivity (Wildman–Crippen MR) is 88.5 cm³/mol. The molecule has 6 nitrogen and oxygen atoms in total. The van der Waals surface area contributed by atoms with Gasteiger partial charge in [-0.2, -0.15) is 0 Å². The van der Waals surface area contributed by atoms with Crippen molar-refractivity contribution < 1.29 is 29.3 Å². The third-order valence-electron chi connectivity index (χ3n) is 4.07. The van der Waals surface area contributed by atoms with Crippen molar-refractivity contribution >= 4 is 11.9 Å². The molecule has 2 aromatic carbocycles. The molecule has 0 aliphatic carbocycles. The highest BCUT2D eigenvalue weighted by Crippen LogP contribution is 2.46. The fourth-order valence-corrected chi connectivity index (χ4v) is 2.88. The fraction of sp³-hybridized carbons (Fsp3) is 0.263. The SMILES string of the molecule is CC1(C)O[C@@H](c2ccc(C(=O)O)cc2)[C@H](c2ccc(C(=O)O)cc2)O1. The van der Waals surface area contributed by atoms with E-state index in [1.807, 2.05) is 0 Å². The Labute approximate surface area is 144 Å². The standard InChI is InChI=1S/C19H18O6/c1-19(2)24-15(11-3-7-13(8-4-11)17(20)21)16(25-19)12-5-9-14(10-6-12)18(22)23/h3-10,15-16H,1-2H3,(H,20,21)(H,22,23)/t15-,16-/m0/s1. The van der Waals surface area contributed by atoms with Crippen molar-refractivity contribution in [3.8, 4) is 0 Å². The van der Waals surface area contributed by atoms with Crippen LogP contribution in [0.3, 0.4) is 0 Å². The van der Waals surface area contributed by atoms with E-state index in [1.54, 1.807) is 38.1 Å². The molecule has 3 rings (SSSR count). The van der Waals surface area contributed by atoms with Crippen LogP contribution in [-0.2, 0) is 9.47 Å². The molecule has 6 heteroatoms. The van der Waals surface area contributed by atoms with Gasteiger partial charge in [-0.05, 0) is 49.2 Å². The molecule has 130 valence electrons. The van der Waals surface area contributed by atoms with Gasteiger partial charge in [-0.3, -0.25) is 0 Å². The first-order chi connectivity index (χ1) is 11.8. The van der Waals surface area contributed by atoms with Gasteiger partial charge in [0, 0.05) is 0 Å².